The maximum Gasteiger partial charge on any atom is 0.267 e. The Morgan fingerprint density at radius 1 is 1.30 bits per heavy atom. The number of rotatable bonds is 3. The zero-order valence-electron chi connectivity index (χ0n) is 12.2. The van der Waals surface area contributed by atoms with Gasteiger partial charge >= 0.3 is 0 Å². The van der Waals surface area contributed by atoms with Gasteiger partial charge in [-0.2, -0.15) is 0 Å². The second-order valence-corrected chi connectivity index (χ2v) is 7.57. The molecule has 0 N–H and O–H groups in total. The quantitative estimate of drug-likeness (QED) is 0.773. The van der Waals surface area contributed by atoms with Crippen LogP contribution in [0, 0.1) is 0 Å². The van der Waals surface area contributed by atoms with E-state index in [-0.39, 0.29) is 11.3 Å². The third kappa shape index (κ3) is 3.56. The van der Waals surface area contributed by atoms with Gasteiger partial charge in [-0.15, -0.1) is 5.10 Å². The van der Waals surface area contributed by atoms with E-state index in [0.29, 0.717) is 4.88 Å². The molecule has 0 saturated carbocycles. The van der Waals surface area contributed by atoms with Crippen molar-refractivity contribution >= 4 is 33.4 Å². The summed E-state index contributed by atoms with van der Waals surface area (Å²) < 4.78 is 3.98. The lowest BCUT2D eigenvalue weighted by molar-refractivity contribution is 0.0647. The van der Waals surface area contributed by atoms with E-state index >= 15 is 0 Å². The molecule has 0 aliphatic carbocycles. The normalized spacial score (nSPS) is 17.5. The van der Waals surface area contributed by atoms with E-state index in [1.807, 2.05) is 4.90 Å². The minimum absolute atomic E-state index is 0.0865. The van der Waals surface area contributed by atoms with Gasteiger partial charge in [-0.05, 0) is 11.5 Å². The molecule has 20 heavy (non-hydrogen) atoms. The lowest BCUT2D eigenvalue weighted by Crippen LogP contribution is -2.49. The molecule has 112 valence electrons. The van der Waals surface area contributed by atoms with Gasteiger partial charge in [0.25, 0.3) is 5.91 Å². The summed E-state index contributed by atoms with van der Waals surface area (Å²) in [4.78, 5) is 17.6. The Morgan fingerprint density at radius 3 is 2.50 bits per heavy atom. The predicted molar refractivity (Wildman–Crippen MR) is 84.7 cm³/mol. The number of carbonyl (C=O) groups is 1. The summed E-state index contributed by atoms with van der Waals surface area (Å²) in [6.07, 6.45) is 0. The highest BCUT2D eigenvalue weighted by Crippen LogP contribution is 2.27. The molecule has 5 nitrogen and oxygen atoms in total. The number of hydrogen-bond acceptors (Lipinski definition) is 5. The molecule has 0 aromatic carbocycles. The first-order chi connectivity index (χ1) is 9.43. The maximum absolute atomic E-state index is 12.6. The van der Waals surface area contributed by atoms with E-state index in [0.717, 1.165) is 43.7 Å². The number of piperazine rings is 1. The molecule has 0 bridgehead atoms. The topological polar surface area (TPSA) is 49.3 Å². The third-order valence-corrected chi connectivity index (χ3v) is 4.52. The molecule has 7 heteroatoms. The Balaban J connectivity index is 2.05. The monoisotopic (exact) mass is 360 g/mol. The van der Waals surface area contributed by atoms with Crippen LogP contribution in [-0.4, -0.2) is 63.3 Å². The van der Waals surface area contributed by atoms with E-state index in [2.05, 4.69) is 51.2 Å². The minimum Gasteiger partial charge on any atom is -0.335 e. The van der Waals surface area contributed by atoms with Crippen LogP contribution in [0.4, 0.5) is 0 Å². The molecule has 0 unspecified atom stereocenters. The standard InChI is InChI=1S/C13H21BrN4OS/c1-13(2,3)11-10(20-16-15-11)12(19)18-8-6-17(5-4-14)7-9-18/h4-9H2,1-3H3. The molecule has 1 fully saturated rings. The first-order valence-corrected chi connectivity index (χ1v) is 8.73. The van der Waals surface area contributed by atoms with Crippen LogP contribution in [0.3, 0.4) is 0 Å². The van der Waals surface area contributed by atoms with Crippen molar-refractivity contribution in [2.75, 3.05) is 38.1 Å². The van der Waals surface area contributed by atoms with Crippen LogP contribution in [0.25, 0.3) is 0 Å². The third-order valence-electron chi connectivity index (χ3n) is 3.45. The average Bonchev–Trinajstić information content (AvgIpc) is 2.88. The Labute approximate surface area is 132 Å². The fourth-order valence-electron chi connectivity index (χ4n) is 2.26. The van der Waals surface area contributed by atoms with Crippen molar-refractivity contribution in [1.82, 2.24) is 19.4 Å². The van der Waals surface area contributed by atoms with Crippen molar-refractivity contribution < 1.29 is 4.79 Å². The number of halogens is 1. The van der Waals surface area contributed by atoms with Gasteiger partial charge in [0.15, 0.2) is 0 Å². The summed E-state index contributed by atoms with van der Waals surface area (Å²) >= 11 is 4.67. The molecule has 1 amide bonds. The van der Waals surface area contributed by atoms with Crippen LogP contribution in [0.2, 0.25) is 0 Å². The Hall–Kier alpha value is -0.530. The van der Waals surface area contributed by atoms with Crippen LogP contribution in [-0.2, 0) is 5.41 Å². The molecule has 1 aromatic rings. The maximum atomic E-state index is 12.6. The van der Waals surface area contributed by atoms with Crippen molar-refractivity contribution in [2.24, 2.45) is 0 Å². The lowest BCUT2D eigenvalue weighted by Gasteiger charge is -2.34. The second kappa shape index (κ2) is 6.49. The lowest BCUT2D eigenvalue weighted by atomic mass is 9.91. The van der Waals surface area contributed by atoms with Crippen LogP contribution in [0.15, 0.2) is 0 Å². The van der Waals surface area contributed by atoms with Gasteiger partial charge < -0.3 is 4.90 Å². The van der Waals surface area contributed by atoms with Crippen LogP contribution < -0.4 is 0 Å². The van der Waals surface area contributed by atoms with E-state index in [4.69, 9.17) is 0 Å². The highest BCUT2D eigenvalue weighted by molar-refractivity contribution is 9.09. The summed E-state index contributed by atoms with van der Waals surface area (Å²) in [5.74, 6) is 0.0865. The van der Waals surface area contributed by atoms with Crippen molar-refractivity contribution in [3.63, 3.8) is 0 Å². The first kappa shape index (κ1) is 15.9. The average molecular weight is 361 g/mol. The van der Waals surface area contributed by atoms with Gasteiger partial charge in [0.05, 0.1) is 5.69 Å². The first-order valence-electron chi connectivity index (χ1n) is 6.84. The molecular weight excluding hydrogens is 340 g/mol. The van der Waals surface area contributed by atoms with Gasteiger partial charge in [0.2, 0.25) is 0 Å². The molecule has 1 aliphatic rings. The zero-order chi connectivity index (χ0) is 14.8. The SMILES string of the molecule is CC(C)(C)c1nnsc1C(=O)N1CCN(CCBr)CC1. The van der Waals surface area contributed by atoms with Crippen LogP contribution in [0.1, 0.15) is 36.1 Å². The molecule has 0 spiro atoms. The van der Waals surface area contributed by atoms with Crippen molar-refractivity contribution in [3.05, 3.63) is 10.6 Å². The smallest absolute Gasteiger partial charge is 0.267 e. The van der Waals surface area contributed by atoms with Gasteiger partial charge in [-0.3, -0.25) is 9.69 Å². The van der Waals surface area contributed by atoms with Gasteiger partial charge in [0, 0.05) is 43.5 Å². The molecule has 1 saturated heterocycles. The summed E-state index contributed by atoms with van der Waals surface area (Å²) in [6.45, 7) is 10.7. The number of aromatic nitrogens is 2. The van der Waals surface area contributed by atoms with E-state index in [1.165, 1.54) is 11.5 Å². The summed E-state index contributed by atoms with van der Waals surface area (Å²) in [7, 11) is 0. The van der Waals surface area contributed by atoms with Crippen LogP contribution in [0.5, 0.6) is 0 Å². The molecule has 2 rings (SSSR count). The molecule has 1 aromatic heterocycles. The van der Waals surface area contributed by atoms with Crippen LogP contribution >= 0.6 is 27.5 Å². The molecule has 0 atom stereocenters. The number of nitrogens with zero attached hydrogens (tertiary/aromatic N) is 4. The summed E-state index contributed by atoms with van der Waals surface area (Å²) in [5.41, 5.74) is 0.672. The molecule has 1 aliphatic heterocycles. The Kier molecular flexibility index (Phi) is 5.14. The molecule has 2 heterocycles. The van der Waals surface area contributed by atoms with Crippen molar-refractivity contribution in [1.29, 1.82) is 0 Å². The Morgan fingerprint density at radius 2 is 1.95 bits per heavy atom. The zero-order valence-corrected chi connectivity index (χ0v) is 14.6. The fraction of sp³-hybridized carbons (Fsp3) is 0.769. The van der Waals surface area contributed by atoms with Gasteiger partial charge in [0.1, 0.15) is 4.88 Å². The minimum atomic E-state index is -0.143. The molecular formula is C13H21BrN4OS. The fourth-order valence-corrected chi connectivity index (χ4v) is 3.61. The van der Waals surface area contributed by atoms with Crippen molar-refractivity contribution in [2.45, 2.75) is 26.2 Å². The van der Waals surface area contributed by atoms with Gasteiger partial charge in [-0.25, -0.2) is 0 Å². The highest BCUT2D eigenvalue weighted by atomic mass is 79.9. The molecule has 0 radical (unpaired) electrons. The van der Waals surface area contributed by atoms with E-state index in [1.54, 1.807) is 0 Å². The number of alkyl halides is 1. The summed E-state index contributed by atoms with van der Waals surface area (Å²) in [6, 6.07) is 0. The van der Waals surface area contributed by atoms with E-state index < -0.39 is 0 Å². The van der Waals surface area contributed by atoms with Gasteiger partial charge in [-0.1, -0.05) is 41.2 Å². The number of hydrogen-bond donors (Lipinski definition) is 0. The summed E-state index contributed by atoms with van der Waals surface area (Å²) in [5, 5.41) is 5.13. The predicted octanol–water partition coefficient (Wildman–Crippen LogP) is 1.99. The van der Waals surface area contributed by atoms with E-state index in [9.17, 15) is 4.79 Å². The Bertz CT molecular complexity index is 463. The highest BCUT2D eigenvalue weighted by Gasteiger charge is 2.30. The number of carbonyl (C=O) groups excluding carboxylic acids is 1. The number of amides is 1. The van der Waals surface area contributed by atoms with Crippen molar-refractivity contribution in [3.8, 4) is 0 Å². The largest absolute Gasteiger partial charge is 0.335 e. The second-order valence-electron chi connectivity index (χ2n) is 6.02.